The van der Waals surface area contributed by atoms with Crippen LogP contribution in [0.25, 0.3) is 0 Å². The highest BCUT2D eigenvalue weighted by Gasteiger charge is 2.03. The molecular weight excluding hydrogens is 214 g/mol. The monoisotopic (exact) mass is 237 g/mol. The number of ether oxygens (including phenoxy) is 2. The molecule has 0 spiro atoms. The number of hydrogen-bond acceptors (Lipinski definition) is 3. The summed E-state index contributed by atoms with van der Waals surface area (Å²) in [6, 6.07) is 6.34. The van der Waals surface area contributed by atoms with Gasteiger partial charge in [-0.1, -0.05) is 19.1 Å². The van der Waals surface area contributed by atoms with Crippen LogP contribution in [0.4, 0.5) is 0 Å². The average molecular weight is 237 g/mol. The average Bonchev–Trinajstić information content (AvgIpc) is 2.37. The van der Waals surface area contributed by atoms with Gasteiger partial charge in [0, 0.05) is 13.2 Å². The van der Waals surface area contributed by atoms with Crippen molar-refractivity contribution in [3.05, 3.63) is 29.3 Å². The Morgan fingerprint density at radius 2 is 2.00 bits per heavy atom. The predicted octanol–water partition coefficient (Wildman–Crippen LogP) is 2.17. The Morgan fingerprint density at radius 1 is 1.18 bits per heavy atom. The summed E-state index contributed by atoms with van der Waals surface area (Å²) in [6.45, 7) is 6.83. The largest absolute Gasteiger partial charge is 0.492 e. The number of nitrogens with two attached hydrogens (primary N) is 1. The highest BCUT2D eigenvalue weighted by atomic mass is 16.5. The van der Waals surface area contributed by atoms with Gasteiger partial charge in [0.1, 0.15) is 12.4 Å². The molecule has 96 valence electrons. The van der Waals surface area contributed by atoms with Gasteiger partial charge in [-0.25, -0.2) is 0 Å². The number of rotatable bonds is 8. The highest BCUT2D eigenvalue weighted by molar-refractivity contribution is 5.37. The Morgan fingerprint density at radius 3 is 2.65 bits per heavy atom. The molecule has 0 bridgehead atoms. The summed E-state index contributed by atoms with van der Waals surface area (Å²) in [6.07, 6.45) is 1.93. The standard InChI is InChI=1S/C14H23NO2/c1-3-13-11-12(7-9-16-4-2)5-6-14(13)17-10-8-15/h5-6,11H,3-4,7-10,15H2,1-2H3. The molecule has 0 radical (unpaired) electrons. The Balaban J connectivity index is 2.63. The first-order valence-electron chi connectivity index (χ1n) is 6.34. The van der Waals surface area contributed by atoms with E-state index in [1.807, 2.05) is 13.0 Å². The molecule has 3 heteroatoms. The second-order valence-electron chi connectivity index (χ2n) is 3.88. The molecule has 1 rings (SSSR count). The van der Waals surface area contributed by atoms with Crippen molar-refractivity contribution in [2.24, 2.45) is 5.73 Å². The molecule has 2 N–H and O–H groups in total. The van der Waals surface area contributed by atoms with Crippen molar-refractivity contribution in [1.82, 2.24) is 0 Å². The van der Waals surface area contributed by atoms with Gasteiger partial charge in [-0.05, 0) is 37.0 Å². The van der Waals surface area contributed by atoms with Gasteiger partial charge in [-0.15, -0.1) is 0 Å². The minimum Gasteiger partial charge on any atom is -0.492 e. The van der Waals surface area contributed by atoms with E-state index in [9.17, 15) is 0 Å². The fourth-order valence-electron chi connectivity index (χ4n) is 1.71. The van der Waals surface area contributed by atoms with Crippen molar-refractivity contribution < 1.29 is 9.47 Å². The lowest BCUT2D eigenvalue weighted by atomic mass is 10.1. The first-order valence-corrected chi connectivity index (χ1v) is 6.34. The second kappa shape index (κ2) is 8.09. The molecule has 1 aromatic carbocycles. The molecule has 0 amide bonds. The summed E-state index contributed by atoms with van der Waals surface area (Å²) < 4.78 is 11.0. The van der Waals surface area contributed by atoms with Gasteiger partial charge in [0.25, 0.3) is 0 Å². The first-order chi connectivity index (χ1) is 8.31. The van der Waals surface area contributed by atoms with Crippen molar-refractivity contribution in [3.63, 3.8) is 0 Å². The number of hydrogen-bond donors (Lipinski definition) is 1. The minimum atomic E-state index is 0.551. The molecule has 0 atom stereocenters. The highest BCUT2D eigenvalue weighted by Crippen LogP contribution is 2.21. The molecule has 0 aliphatic carbocycles. The van der Waals surface area contributed by atoms with E-state index in [1.54, 1.807) is 0 Å². The maximum atomic E-state index is 5.60. The lowest BCUT2D eigenvalue weighted by molar-refractivity contribution is 0.151. The van der Waals surface area contributed by atoms with Crippen molar-refractivity contribution in [2.45, 2.75) is 26.7 Å². The lowest BCUT2D eigenvalue weighted by Crippen LogP contribution is -2.11. The first kappa shape index (κ1) is 14.0. The van der Waals surface area contributed by atoms with E-state index in [0.717, 1.165) is 31.8 Å². The van der Waals surface area contributed by atoms with Gasteiger partial charge in [-0.3, -0.25) is 0 Å². The number of aryl methyl sites for hydroxylation is 1. The van der Waals surface area contributed by atoms with Crippen LogP contribution in [-0.2, 0) is 17.6 Å². The van der Waals surface area contributed by atoms with Gasteiger partial charge in [0.2, 0.25) is 0 Å². The van der Waals surface area contributed by atoms with Gasteiger partial charge in [-0.2, -0.15) is 0 Å². The van der Waals surface area contributed by atoms with E-state index < -0.39 is 0 Å². The van der Waals surface area contributed by atoms with Crippen molar-refractivity contribution in [1.29, 1.82) is 0 Å². The summed E-state index contributed by atoms with van der Waals surface area (Å²) in [5, 5.41) is 0. The predicted molar refractivity (Wildman–Crippen MR) is 70.6 cm³/mol. The number of benzene rings is 1. The smallest absolute Gasteiger partial charge is 0.122 e. The molecule has 0 aliphatic rings. The summed E-state index contributed by atoms with van der Waals surface area (Å²) in [5.41, 5.74) is 7.98. The fraction of sp³-hybridized carbons (Fsp3) is 0.571. The Kier molecular flexibility index (Phi) is 6.67. The van der Waals surface area contributed by atoms with Gasteiger partial charge >= 0.3 is 0 Å². The molecule has 0 aromatic heterocycles. The fourth-order valence-corrected chi connectivity index (χ4v) is 1.71. The van der Waals surface area contributed by atoms with E-state index in [4.69, 9.17) is 15.2 Å². The van der Waals surface area contributed by atoms with Crippen LogP contribution in [0.15, 0.2) is 18.2 Å². The molecule has 0 saturated heterocycles. The Labute approximate surface area is 104 Å². The molecule has 1 aromatic rings. The normalized spacial score (nSPS) is 10.5. The summed E-state index contributed by atoms with van der Waals surface area (Å²) in [7, 11) is 0. The topological polar surface area (TPSA) is 44.5 Å². The van der Waals surface area contributed by atoms with Gasteiger partial charge < -0.3 is 15.2 Å². The van der Waals surface area contributed by atoms with E-state index in [2.05, 4.69) is 19.1 Å². The van der Waals surface area contributed by atoms with Crippen LogP contribution < -0.4 is 10.5 Å². The van der Waals surface area contributed by atoms with Gasteiger partial charge in [0.15, 0.2) is 0 Å². The summed E-state index contributed by atoms with van der Waals surface area (Å²) in [4.78, 5) is 0. The third-order valence-corrected chi connectivity index (χ3v) is 2.62. The zero-order chi connectivity index (χ0) is 12.5. The van der Waals surface area contributed by atoms with Crippen LogP contribution >= 0.6 is 0 Å². The molecule has 0 heterocycles. The van der Waals surface area contributed by atoms with E-state index in [-0.39, 0.29) is 0 Å². The molecule has 0 unspecified atom stereocenters. The van der Waals surface area contributed by atoms with Crippen LogP contribution in [-0.4, -0.2) is 26.4 Å². The molecule has 0 aliphatic heterocycles. The molecular formula is C14H23NO2. The Hall–Kier alpha value is -1.06. The zero-order valence-electron chi connectivity index (χ0n) is 10.9. The molecule has 0 fully saturated rings. The van der Waals surface area contributed by atoms with E-state index in [0.29, 0.717) is 13.2 Å². The van der Waals surface area contributed by atoms with Crippen LogP contribution in [0.1, 0.15) is 25.0 Å². The van der Waals surface area contributed by atoms with Crippen LogP contribution in [0, 0.1) is 0 Å². The van der Waals surface area contributed by atoms with Crippen molar-refractivity contribution in [3.8, 4) is 5.75 Å². The maximum absolute atomic E-state index is 5.60. The SMILES string of the molecule is CCOCCc1ccc(OCCN)c(CC)c1. The quantitative estimate of drug-likeness (QED) is 0.705. The third-order valence-electron chi connectivity index (χ3n) is 2.62. The minimum absolute atomic E-state index is 0.551. The van der Waals surface area contributed by atoms with Crippen LogP contribution in [0.3, 0.4) is 0 Å². The van der Waals surface area contributed by atoms with Gasteiger partial charge in [0.05, 0.1) is 6.61 Å². The second-order valence-corrected chi connectivity index (χ2v) is 3.88. The van der Waals surface area contributed by atoms with Crippen molar-refractivity contribution >= 4 is 0 Å². The zero-order valence-corrected chi connectivity index (χ0v) is 10.9. The maximum Gasteiger partial charge on any atom is 0.122 e. The molecule has 3 nitrogen and oxygen atoms in total. The van der Waals surface area contributed by atoms with E-state index in [1.165, 1.54) is 11.1 Å². The Bertz CT molecular complexity index is 326. The van der Waals surface area contributed by atoms with E-state index >= 15 is 0 Å². The third kappa shape index (κ3) is 4.75. The van der Waals surface area contributed by atoms with Crippen LogP contribution in [0.2, 0.25) is 0 Å². The lowest BCUT2D eigenvalue weighted by Gasteiger charge is -2.11. The van der Waals surface area contributed by atoms with Crippen LogP contribution in [0.5, 0.6) is 5.75 Å². The summed E-state index contributed by atoms with van der Waals surface area (Å²) in [5.74, 6) is 0.957. The molecule has 17 heavy (non-hydrogen) atoms. The summed E-state index contributed by atoms with van der Waals surface area (Å²) >= 11 is 0. The van der Waals surface area contributed by atoms with Crippen molar-refractivity contribution in [2.75, 3.05) is 26.4 Å². The molecule has 0 saturated carbocycles.